The van der Waals surface area contributed by atoms with E-state index in [0.717, 1.165) is 29.9 Å². The number of hydrogen-bond acceptors (Lipinski definition) is 5. The number of aryl methyl sites for hydroxylation is 2. The van der Waals surface area contributed by atoms with Crippen molar-refractivity contribution in [2.24, 2.45) is 0 Å². The Balaban J connectivity index is 1.43. The lowest BCUT2D eigenvalue weighted by Gasteiger charge is -2.10. The summed E-state index contributed by atoms with van der Waals surface area (Å²) in [7, 11) is 0. The number of pyridine rings is 2. The Morgan fingerprint density at radius 3 is 2.85 bits per heavy atom. The van der Waals surface area contributed by atoms with E-state index in [-0.39, 0.29) is 5.91 Å². The lowest BCUT2D eigenvalue weighted by molar-refractivity contribution is 0.102. The molecule has 1 aromatic carbocycles. The predicted octanol–water partition coefficient (Wildman–Crippen LogP) is 4.88. The normalized spacial score (nSPS) is 12.7. The van der Waals surface area contributed by atoms with Gasteiger partial charge in [0.2, 0.25) is 0 Å². The van der Waals surface area contributed by atoms with Crippen LogP contribution in [0.2, 0.25) is 0 Å². The Morgan fingerprint density at radius 2 is 2.00 bits per heavy atom. The van der Waals surface area contributed by atoms with Gasteiger partial charge < -0.3 is 9.73 Å². The van der Waals surface area contributed by atoms with Crippen LogP contribution in [0.3, 0.4) is 0 Å². The van der Waals surface area contributed by atoms with E-state index in [0.29, 0.717) is 28.8 Å². The maximum atomic E-state index is 13.4. The molecular formula is C26H21N5O2. The summed E-state index contributed by atoms with van der Waals surface area (Å²) in [6, 6.07) is 15.5. The predicted molar refractivity (Wildman–Crippen MR) is 125 cm³/mol. The van der Waals surface area contributed by atoms with Crippen LogP contribution < -0.4 is 5.32 Å². The van der Waals surface area contributed by atoms with Crippen molar-refractivity contribution >= 4 is 22.6 Å². The minimum Gasteiger partial charge on any atom is -0.467 e. The number of fused-ring (bicyclic) bond motifs is 2. The van der Waals surface area contributed by atoms with Gasteiger partial charge in [0, 0.05) is 23.6 Å². The van der Waals surface area contributed by atoms with Crippen LogP contribution in [0.15, 0.2) is 77.8 Å². The SMILES string of the molecule is O=C(Nc1ccc2c(c1)CCC2)c1cc(-c2cccnc2)nc2c1cnn2Cc1ccco1. The Bertz CT molecular complexity index is 1460. The largest absolute Gasteiger partial charge is 0.467 e. The zero-order chi connectivity index (χ0) is 22.2. The first kappa shape index (κ1) is 19.4. The number of amides is 1. The Labute approximate surface area is 190 Å². The van der Waals surface area contributed by atoms with Gasteiger partial charge in [-0.05, 0) is 72.9 Å². The fourth-order valence-electron chi connectivity index (χ4n) is 4.41. The fourth-order valence-corrected chi connectivity index (χ4v) is 4.41. The number of hydrogen-bond donors (Lipinski definition) is 1. The average molecular weight is 435 g/mol. The molecule has 4 heterocycles. The molecule has 0 unspecified atom stereocenters. The maximum Gasteiger partial charge on any atom is 0.256 e. The van der Waals surface area contributed by atoms with Gasteiger partial charge in [0.05, 0.1) is 29.1 Å². The second-order valence-electron chi connectivity index (χ2n) is 8.21. The first-order valence-electron chi connectivity index (χ1n) is 11.0. The van der Waals surface area contributed by atoms with Gasteiger partial charge in [0.15, 0.2) is 5.65 Å². The number of nitrogens with zero attached hydrogens (tertiary/aromatic N) is 4. The minimum atomic E-state index is -0.192. The van der Waals surface area contributed by atoms with Crippen molar-refractivity contribution in [3.8, 4) is 11.3 Å². The molecule has 0 spiro atoms. The van der Waals surface area contributed by atoms with Gasteiger partial charge in [0.1, 0.15) is 12.3 Å². The third-order valence-electron chi connectivity index (χ3n) is 6.05. The molecule has 1 aliphatic rings. The Kier molecular flexibility index (Phi) is 4.72. The fraction of sp³-hybridized carbons (Fsp3) is 0.154. The van der Waals surface area contributed by atoms with Crippen molar-refractivity contribution in [2.45, 2.75) is 25.8 Å². The average Bonchev–Trinajstić information content (AvgIpc) is 3.61. The van der Waals surface area contributed by atoms with Gasteiger partial charge in [-0.3, -0.25) is 9.78 Å². The number of furan rings is 1. The smallest absolute Gasteiger partial charge is 0.256 e. The van der Waals surface area contributed by atoms with E-state index in [1.54, 1.807) is 35.6 Å². The van der Waals surface area contributed by atoms with Crippen molar-refractivity contribution in [1.82, 2.24) is 19.7 Å². The number of carbonyl (C=O) groups is 1. The van der Waals surface area contributed by atoms with E-state index in [4.69, 9.17) is 9.40 Å². The zero-order valence-electron chi connectivity index (χ0n) is 17.9. The van der Waals surface area contributed by atoms with E-state index < -0.39 is 0 Å². The molecule has 0 atom stereocenters. The van der Waals surface area contributed by atoms with Gasteiger partial charge in [-0.1, -0.05) is 6.07 Å². The third kappa shape index (κ3) is 3.67. The van der Waals surface area contributed by atoms with Gasteiger partial charge in [0.25, 0.3) is 5.91 Å². The second kappa shape index (κ2) is 8.02. The molecule has 4 aromatic heterocycles. The van der Waals surface area contributed by atoms with E-state index in [1.165, 1.54) is 17.5 Å². The molecule has 6 rings (SSSR count). The maximum absolute atomic E-state index is 13.4. The number of carbonyl (C=O) groups excluding carboxylic acids is 1. The molecule has 0 bridgehead atoms. The first-order chi connectivity index (χ1) is 16.2. The number of aromatic nitrogens is 4. The molecule has 0 saturated heterocycles. The number of benzene rings is 1. The lowest BCUT2D eigenvalue weighted by atomic mass is 10.1. The number of rotatable bonds is 5. The molecular weight excluding hydrogens is 414 g/mol. The zero-order valence-corrected chi connectivity index (χ0v) is 17.9. The monoisotopic (exact) mass is 435 g/mol. The highest BCUT2D eigenvalue weighted by Gasteiger charge is 2.19. The minimum absolute atomic E-state index is 0.192. The highest BCUT2D eigenvalue weighted by atomic mass is 16.3. The van der Waals surface area contributed by atoms with Gasteiger partial charge >= 0.3 is 0 Å². The molecule has 1 amide bonds. The molecule has 1 N–H and O–H groups in total. The van der Waals surface area contributed by atoms with E-state index in [2.05, 4.69) is 27.5 Å². The van der Waals surface area contributed by atoms with Crippen molar-refractivity contribution in [3.63, 3.8) is 0 Å². The third-order valence-corrected chi connectivity index (χ3v) is 6.05. The summed E-state index contributed by atoms with van der Waals surface area (Å²) in [6.07, 6.45) is 10.1. The Hall–Kier alpha value is -4.26. The van der Waals surface area contributed by atoms with Crippen LogP contribution in [0.25, 0.3) is 22.3 Å². The molecule has 0 aliphatic heterocycles. The van der Waals surface area contributed by atoms with E-state index in [9.17, 15) is 4.79 Å². The van der Waals surface area contributed by atoms with Crippen molar-refractivity contribution < 1.29 is 9.21 Å². The highest BCUT2D eigenvalue weighted by molar-refractivity contribution is 6.12. The van der Waals surface area contributed by atoms with Crippen molar-refractivity contribution in [3.05, 3.63) is 95.8 Å². The summed E-state index contributed by atoms with van der Waals surface area (Å²) in [5.41, 5.74) is 6.12. The molecule has 0 radical (unpaired) electrons. The van der Waals surface area contributed by atoms with Crippen LogP contribution in [-0.4, -0.2) is 25.7 Å². The molecule has 1 aliphatic carbocycles. The van der Waals surface area contributed by atoms with Crippen LogP contribution in [0.1, 0.15) is 33.7 Å². The standard InChI is InChI=1S/C26H21N5O2/c32-26(29-20-9-8-17-4-1-5-18(17)12-20)22-13-24(19-6-2-10-27-14-19)30-25-23(22)15-28-31(25)16-21-7-3-11-33-21/h2-3,6-15H,1,4-5,16H2,(H,29,32). The van der Waals surface area contributed by atoms with Gasteiger partial charge in [-0.15, -0.1) is 0 Å². The topological polar surface area (TPSA) is 85.8 Å². The molecule has 33 heavy (non-hydrogen) atoms. The molecule has 7 heteroatoms. The molecule has 0 saturated carbocycles. The number of nitrogens with one attached hydrogen (secondary N) is 1. The van der Waals surface area contributed by atoms with Crippen LogP contribution in [-0.2, 0) is 19.4 Å². The summed E-state index contributed by atoms with van der Waals surface area (Å²) in [4.78, 5) is 22.5. The van der Waals surface area contributed by atoms with Crippen molar-refractivity contribution in [1.29, 1.82) is 0 Å². The molecule has 162 valence electrons. The van der Waals surface area contributed by atoms with E-state index in [1.807, 2.05) is 30.3 Å². The highest BCUT2D eigenvalue weighted by Crippen LogP contribution is 2.28. The summed E-state index contributed by atoms with van der Waals surface area (Å²) in [6.45, 7) is 0.422. The lowest BCUT2D eigenvalue weighted by Crippen LogP contribution is -2.13. The molecule has 7 nitrogen and oxygen atoms in total. The molecule has 5 aromatic rings. The molecule has 0 fully saturated rings. The summed E-state index contributed by atoms with van der Waals surface area (Å²) >= 11 is 0. The van der Waals surface area contributed by atoms with Crippen molar-refractivity contribution in [2.75, 3.05) is 5.32 Å². The summed E-state index contributed by atoms with van der Waals surface area (Å²) in [5, 5.41) is 8.26. The summed E-state index contributed by atoms with van der Waals surface area (Å²) in [5.74, 6) is 0.570. The van der Waals surface area contributed by atoms with Gasteiger partial charge in [-0.2, -0.15) is 5.10 Å². The Morgan fingerprint density at radius 1 is 1.06 bits per heavy atom. The van der Waals surface area contributed by atoms with E-state index >= 15 is 0 Å². The second-order valence-corrected chi connectivity index (χ2v) is 8.21. The quantitative estimate of drug-likeness (QED) is 0.425. The van der Waals surface area contributed by atoms with Crippen LogP contribution in [0, 0.1) is 0 Å². The van der Waals surface area contributed by atoms with Crippen LogP contribution in [0.5, 0.6) is 0 Å². The first-order valence-corrected chi connectivity index (χ1v) is 11.0. The van der Waals surface area contributed by atoms with Gasteiger partial charge in [-0.25, -0.2) is 9.67 Å². The van der Waals surface area contributed by atoms with Crippen LogP contribution in [0.4, 0.5) is 5.69 Å². The summed E-state index contributed by atoms with van der Waals surface area (Å²) < 4.78 is 7.24. The number of anilines is 1. The van der Waals surface area contributed by atoms with Crippen LogP contribution >= 0.6 is 0 Å².